The van der Waals surface area contributed by atoms with Gasteiger partial charge in [-0.2, -0.15) is 0 Å². The topological polar surface area (TPSA) is 32.3 Å². The van der Waals surface area contributed by atoms with Crippen molar-refractivity contribution in [1.29, 1.82) is 0 Å². The number of aryl methyl sites for hydroxylation is 1. The SMILES string of the molecule is O=C(NC1(CN2CCC2)CC1)C1CCc2ccc(Br)cc21. The fourth-order valence-corrected chi connectivity index (χ4v) is 4.01. The van der Waals surface area contributed by atoms with Crippen molar-refractivity contribution in [2.45, 2.75) is 43.6 Å². The summed E-state index contributed by atoms with van der Waals surface area (Å²) in [5, 5.41) is 3.37. The van der Waals surface area contributed by atoms with Crippen LogP contribution in [0, 0.1) is 0 Å². The molecule has 1 saturated carbocycles. The Kier molecular flexibility index (Phi) is 3.34. The van der Waals surface area contributed by atoms with E-state index in [-0.39, 0.29) is 17.4 Å². The lowest BCUT2D eigenvalue weighted by atomic mass is 9.99. The molecule has 21 heavy (non-hydrogen) atoms. The van der Waals surface area contributed by atoms with Crippen LogP contribution in [0.15, 0.2) is 22.7 Å². The Labute approximate surface area is 134 Å². The standard InChI is InChI=1S/C17H21BrN2O/c18-13-4-2-12-3-5-14(15(12)10-13)16(21)19-17(6-7-17)11-20-8-1-9-20/h2,4,10,14H,1,3,5-9,11H2,(H,19,21). The molecule has 1 atom stereocenters. The Balaban J connectivity index is 1.45. The predicted molar refractivity (Wildman–Crippen MR) is 86.4 cm³/mol. The number of rotatable bonds is 4. The minimum atomic E-state index is 0.0476. The highest BCUT2D eigenvalue weighted by molar-refractivity contribution is 9.10. The number of likely N-dealkylation sites (tertiary alicyclic amines) is 1. The first-order valence-electron chi connectivity index (χ1n) is 7.98. The Hall–Kier alpha value is -0.870. The molecule has 0 bridgehead atoms. The fraction of sp³-hybridized carbons (Fsp3) is 0.588. The zero-order chi connectivity index (χ0) is 14.4. The Morgan fingerprint density at radius 3 is 2.86 bits per heavy atom. The van der Waals surface area contributed by atoms with Gasteiger partial charge >= 0.3 is 0 Å². The summed E-state index contributed by atoms with van der Waals surface area (Å²) in [4.78, 5) is 15.2. The monoisotopic (exact) mass is 348 g/mol. The molecule has 1 aliphatic heterocycles. The first-order valence-corrected chi connectivity index (χ1v) is 8.77. The van der Waals surface area contributed by atoms with Crippen LogP contribution in [0.5, 0.6) is 0 Å². The van der Waals surface area contributed by atoms with Gasteiger partial charge in [-0.1, -0.05) is 22.0 Å². The average molecular weight is 349 g/mol. The highest BCUT2D eigenvalue weighted by Gasteiger charge is 2.47. The third-order valence-electron chi connectivity index (χ3n) is 5.22. The number of amides is 1. The van der Waals surface area contributed by atoms with E-state index in [2.05, 4.69) is 44.3 Å². The van der Waals surface area contributed by atoms with Crippen molar-refractivity contribution in [3.63, 3.8) is 0 Å². The number of nitrogens with one attached hydrogen (secondary N) is 1. The maximum absolute atomic E-state index is 12.7. The third kappa shape index (κ3) is 2.64. The van der Waals surface area contributed by atoms with Crippen LogP contribution in [0.25, 0.3) is 0 Å². The average Bonchev–Trinajstić information content (AvgIpc) is 3.03. The summed E-state index contributed by atoms with van der Waals surface area (Å²) in [5.41, 5.74) is 2.65. The molecule has 1 aromatic rings. The van der Waals surface area contributed by atoms with Crippen LogP contribution in [-0.4, -0.2) is 36.0 Å². The number of benzene rings is 1. The van der Waals surface area contributed by atoms with E-state index >= 15 is 0 Å². The van der Waals surface area contributed by atoms with Crippen molar-refractivity contribution in [2.24, 2.45) is 0 Å². The van der Waals surface area contributed by atoms with E-state index in [1.54, 1.807) is 0 Å². The normalized spacial score (nSPS) is 26.0. The molecule has 4 heteroatoms. The summed E-state index contributed by atoms with van der Waals surface area (Å²) in [7, 11) is 0. The lowest BCUT2D eigenvalue weighted by molar-refractivity contribution is -0.123. The number of halogens is 1. The summed E-state index contributed by atoms with van der Waals surface area (Å²) in [6.07, 6.45) is 5.59. The number of carbonyl (C=O) groups excluding carboxylic acids is 1. The van der Waals surface area contributed by atoms with Crippen LogP contribution in [0.3, 0.4) is 0 Å². The minimum Gasteiger partial charge on any atom is -0.349 e. The summed E-state index contributed by atoms with van der Waals surface area (Å²) < 4.78 is 1.07. The van der Waals surface area contributed by atoms with Crippen LogP contribution >= 0.6 is 15.9 Å². The van der Waals surface area contributed by atoms with Gasteiger partial charge in [0.1, 0.15) is 0 Å². The van der Waals surface area contributed by atoms with E-state index in [9.17, 15) is 4.79 Å². The molecule has 1 amide bonds. The van der Waals surface area contributed by atoms with Gasteiger partial charge in [0.2, 0.25) is 5.91 Å². The molecule has 1 aromatic carbocycles. The molecule has 3 aliphatic rings. The van der Waals surface area contributed by atoms with Crippen LogP contribution in [-0.2, 0) is 11.2 Å². The van der Waals surface area contributed by atoms with Crippen LogP contribution in [0.2, 0.25) is 0 Å². The lowest BCUT2D eigenvalue weighted by Gasteiger charge is -2.35. The molecule has 2 fully saturated rings. The van der Waals surface area contributed by atoms with Crippen molar-refractivity contribution < 1.29 is 4.79 Å². The van der Waals surface area contributed by atoms with Gasteiger partial charge in [0.15, 0.2) is 0 Å². The zero-order valence-corrected chi connectivity index (χ0v) is 13.8. The van der Waals surface area contributed by atoms with E-state index in [0.717, 1.165) is 36.7 Å². The molecular formula is C17H21BrN2O. The van der Waals surface area contributed by atoms with Crippen molar-refractivity contribution in [3.05, 3.63) is 33.8 Å². The second kappa shape index (κ2) is 5.10. The molecule has 4 rings (SSSR count). The fourth-order valence-electron chi connectivity index (χ4n) is 3.64. The summed E-state index contributed by atoms with van der Waals surface area (Å²) in [6.45, 7) is 3.46. The molecule has 0 radical (unpaired) electrons. The van der Waals surface area contributed by atoms with Crippen molar-refractivity contribution in [1.82, 2.24) is 10.2 Å². The summed E-state index contributed by atoms with van der Waals surface area (Å²) in [6, 6.07) is 6.35. The van der Waals surface area contributed by atoms with E-state index in [4.69, 9.17) is 0 Å². The Morgan fingerprint density at radius 1 is 1.38 bits per heavy atom. The molecule has 1 heterocycles. The van der Waals surface area contributed by atoms with E-state index in [1.807, 2.05) is 0 Å². The quantitative estimate of drug-likeness (QED) is 0.907. The first kappa shape index (κ1) is 13.8. The number of hydrogen-bond donors (Lipinski definition) is 1. The third-order valence-corrected chi connectivity index (χ3v) is 5.71. The molecule has 1 N–H and O–H groups in total. The van der Waals surface area contributed by atoms with Gasteiger partial charge in [-0.15, -0.1) is 0 Å². The van der Waals surface area contributed by atoms with Gasteiger partial charge in [0.25, 0.3) is 0 Å². The van der Waals surface area contributed by atoms with Gasteiger partial charge in [-0.05, 0) is 68.5 Å². The summed E-state index contributed by atoms with van der Waals surface area (Å²) in [5.74, 6) is 0.288. The maximum Gasteiger partial charge on any atom is 0.228 e. The van der Waals surface area contributed by atoms with Gasteiger partial charge in [-0.25, -0.2) is 0 Å². The lowest BCUT2D eigenvalue weighted by Crippen LogP contribution is -2.50. The zero-order valence-electron chi connectivity index (χ0n) is 12.2. The van der Waals surface area contributed by atoms with Gasteiger partial charge in [-0.3, -0.25) is 4.79 Å². The Bertz CT molecular complexity index is 578. The van der Waals surface area contributed by atoms with E-state index in [0.29, 0.717) is 0 Å². The maximum atomic E-state index is 12.7. The van der Waals surface area contributed by atoms with Crippen LogP contribution in [0.4, 0.5) is 0 Å². The summed E-state index contributed by atoms with van der Waals surface area (Å²) >= 11 is 3.53. The molecule has 0 aromatic heterocycles. The first-order chi connectivity index (χ1) is 10.2. The van der Waals surface area contributed by atoms with Gasteiger partial charge in [0, 0.05) is 11.0 Å². The van der Waals surface area contributed by atoms with E-state index in [1.165, 1.54) is 30.6 Å². The number of nitrogens with zero attached hydrogens (tertiary/aromatic N) is 1. The molecule has 1 unspecified atom stereocenters. The largest absolute Gasteiger partial charge is 0.349 e. The number of carbonyl (C=O) groups is 1. The van der Waals surface area contributed by atoms with Crippen molar-refractivity contribution in [3.8, 4) is 0 Å². The smallest absolute Gasteiger partial charge is 0.228 e. The van der Waals surface area contributed by atoms with Gasteiger partial charge in [0.05, 0.1) is 11.5 Å². The molecule has 2 aliphatic carbocycles. The Morgan fingerprint density at radius 2 is 2.19 bits per heavy atom. The van der Waals surface area contributed by atoms with Crippen molar-refractivity contribution >= 4 is 21.8 Å². The highest BCUT2D eigenvalue weighted by Crippen LogP contribution is 2.40. The van der Waals surface area contributed by atoms with Gasteiger partial charge < -0.3 is 10.2 Å². The second-order valence-corrected chi connectivity index (χ2v) is 7.75. The van der Waals surface area contributed by atoms with Crippen LogP contribution < -0.4 is 5.32 Å². The molecule has 112 valence electrons. The predicted octanol–water partition coefficient (Wildman–Crippen LogP) is 2.83. The molecule has 0 spiro atoms. The number of fused-ring (bicyclic) bond motifs is 1. The van der Waals surface area contributed by atoms with E-state index < -0.39 is 0 Å². The number of hydrogen-bond acceptors (Lipinski definition) is 2. The van der Waals surface area contributed by atoms with Crippen molar-refractivity contribution in [2.75, 3.05) is 19.6 Å². The highest BCUT2D eigenvalue weighted by atomic mass is 79.9. The molecular weight excluding hydrogens is 328 g/mol. The second-order valence-electron chi connectivity index (χ2n) is 6.83. The molecule has 3 nitrogen and oxygen atoms in total. The van der Waals surface area contributed by atoms with Crippen LogP contribution in [0.1, 0.15) is 42.7 Å². The minimum absolute atomic E-state index is 0.0476. The molecule has 1 saturated heterocycles.